The van der Waals surface area contributed by atoms with Gasteiger partial charge in [0.15, 0.2) is 0 Å². The van der Waals surface area contributed by atoms with Crippen LogP contribution in [-0.2, 0) is 9.59 Å². The average molecular weight is 261 g/mol. The van der Waals surface area contributed by atoms with Gasteiger partial charge in [-0.1, -0.05) is 18.2 Å². The fourth-order valence-electron chi connectivity index (χ4n) is 2.25. The van der Waals surface area contributed by atoms with Crippen molar-refractivity contribution in [3.63, 3.8) is 0 Å². The first-order valence-electron chi connectivity index (χ1n) is 6.59. The molecule has 0 aliphatic carbocycles. The standard InChI is InChI=1S/C14H19N3O2/c15-7-3-4-8-16-14(19)11-9-13(18)17-12-6-2-1-5-10(11)12/h1-2,5-6,11H,3-4,7-9,15H2,(H,16,19)(H,17,18). The molecule has 19 heavy (non-hydrogen) atoms. The molecule has 1 aliphatic rings. The van der Waals surface area contributed by atoms with E-state index >= 15 is 0 Å². The van der Waals surface area contributed by atoms with Gasteiger partial charge in [0.25, 0.3) is 0 Å². The largest absolute Gasteiger partial charge is 0.356 e. The minimum atomic E-state index is -0.386. The molecule has 1 unspecified atom stereocenters. The van der Waals surface area contributed by atoms with Crippen LogP contribution in [0.15, 0.2) is 24.3 Å². The lowest BCUT2D eigenvalue weighted by molar-refractivity contribution is -0.126. The molecule has 0 spiro atoms. The Morgan fingerprint density at radius 1 is 1.37 bits per heavy atom. The highest BCUT2D eigenvalue weighted by atomic mass is 16.2. The first-order valence-corrected chi connectivity index (χ1v) is 6.59. The molecular formula is C14H19N3O2. The van der Waals surface area contributed by atoms with Gasteiger partial charge < -0.3 is 16.4 Å². The Hall–Kier alpha value is -1.88. The van der Waals surface area contributed by atoms with Gasteiger partial charge in [-0.3, -0.25) is 9.59 Å². The summed E-state index contributed by atoms with van der Waals surface area (Å²) in [4.78, 5) is 23.8. The molecular weight excluding hydrogens is 242 g/mol. The third kappa shape index (κ3) is 3.32. The molecule has 0 fully saturated rings. The fraction of sp³-hybridized carbons (Fsp3) is 0.429. The van der Waals surface area contributed by atoms with Crippen LogP contribution in [0.1, 0.15) is 30.7 Å². The molecule has 5 heteroatoms. The van der Waals surface area contributed by atoms with Gasteiger partial charge in [-0.05, 0) is 31.0 Å². The lowest BCUT2D eigenvalue weighted by Crippen LogP contribution is -2.35. The van der Waals surface area contributed by atoms with Crippen molar-refractivity contribution in [1.82, 2.24) is 5.32 Å². The van der Waals surface area contributed by atoms with E-state index in [9.17, 15) is 9.59 Å². The first kappa shape index (κ1) is 13.5. The number of nitrogens with one attached hydrogen (secondary N) is 2. The van der Waals surface area contributed by atoms with E-state index in [1.807, 2.05) is 24.3 Å². The molecule has 1 aromatic carbocycles. The third-order valence-corrected chi connectivity index (χ3v) is 3.25. The number of nitrogens with two attached hydrogens (primary N) is 1. The number of para-hydroxylation sites is 1. The highest BCUT2D eigenvalue weighted by Gasteiger charge is 2.29. The molecule has 0 saturated carbocycles. The van der Waals surface area contributed by atoms with Crippen molar-refractivity contribution < 1.29 is 9.59 Å². The summed E-state index contributed by atoms with van der Waals surface area (Å²) in [6, 6.07) is 7.44. The molecule has 1 aromatic rings. The maximum absolute atomic E-state index is 12.1. The zero-order chi connectivity index (χ0) is 13.7. The van der Waals surface area contributed by atoms with Gasteiger partial charge >= 0.3 is 0 Å². The second-order valence-electron chi connectivity index (χ2n) is 4.68. The van der Waals surface area contributed by atoms with Gasteiger partial charge in [0.05, 0.1) is 5.92 Å². The zero-order valence-electron chi connectivity index (χ0n) is 10.8. The second kappa shape index (κ2) is 6.33. The van der Waals surface area contributed by atoms with Crippen molar-refractivity contribution in [3.05, 3.63) is 29.8 Å². The number of carbonyl (C=O) groups excluding carboxylic acids is 2. The van der Waals surface area contributed by atoms with Crippen molar-refractivity contribution in [1.29, 1.82) is 0 Å². The molecule has 5 nitrogen and oxygen atoms in total. The second-order valence-corrected chi connectivity index (χ2v) is 4.68. The van der Waals surface area contributed by atoms with Crippen LogP contribution in [0.4, 0.5) is 5.69 Å². The Morgan fingerprint density at radius 3 is 2.95 bits per heavy atom. The predicted molar refractivity (Wildman–Crippen MR) is 73.7 cm³/mol. The van der Waals surface area contributed by atoms with Crippen molar-refractivity contribution in [2.45, 2.75) is 25.2 Å². The molecule has 4 N–H and O–H groups in total. The normalized spacial score (nSPS) is 17.5. The minimum Gasteiger partial charge on any atom is -0.356 e. The predicted octanol–water partition coefficient (Wildman–Crippen LogP) is 0.968. The van der Waals surface area contributed by atoms with Gasteiger partial charge in [-0.2, -0.15) is 0 Å². The monoisotopic (exact) mass is 261 g/mol. The van der Waals surface area contributed by atoms with E-state index in [0.29, 0.717) is 13.1 Å². The molecule has 0 aromatic heterocycles. The Morgan fingerprint density at radius 2 is 2.16 bits per heavy atom. The molecule has 1 heterocycles. The number of rotatable bonds is 5. The highest BCUT2D eigenvalue weighted by Crippen LogP contribution is 2.31. The highest BCUT2D eigenvalue weighted by molar-refractivity contribution is 6.01. The Bertz CT molecular complexity index is 474. The molecule has 0 saturated heterocycles. The maximum atomic E-state index is 12.1. The molecule has 1 atom stereocenters. The molecule has 0 radical (unpaired) electrons. The van der Waals surface area contributed by atoms with Crippen LogP contribution in [-0.4, -0.2) is 24.9 Å². The summed E-state index contributed by atoms with van der Waals surface area (Å²) in [6.45, 7) is 1.24. The number of fused-ring (bicyclic) bond motifs is 1. The van der Waals surface area contributed by atoms with E-state index in [2.05, 4.69) is 10.6 Å². The topological polar surface area (TPSA) is 84.2 Å². The maximum Gasteiger partial charge on any atom is 0.228 e. The number of unbranched alkanes of at least 4 members (excludes halogenated alkanes) is 1. The fourth-order valence-corrected chi connectivity index (χ4v) is 2.25. The summed E-state index contributed by atoms with van der Waals surface area (Å²) in [5.74, 6) is -0.581. The van der Waals surface area contributed by atoms with Crippen LogP contribution in [0, 0.1) is 0 Å². The van der Waals surface area contributed by atoms with E-state index < -0.39 is 0 Å². The molecule has 2 amide bonds. The van der Waals surface area contributed by atoms with E-state index in [-0.39, 0.29) is 24.2 Å². The quantitative estimate of drug-likeness (QED) is 0.690. The summed E-state index contributed by atoms with van der Waals surface area (Å²) >= 11 is 0. The van der Waals surface area contributed by atoms with Gasteiger partial charge in [0.1, 0.15) is 0 Å². The number of amides is 2. The van der Waals surface area contributed by atoms with Crippen LogP contribution in [0.25, 0.3) is 0 Å². The Labute approximate surface area is 112 Å². The minimum absolute atomic E-state index is 0.0840. The number of hydrogen-bond acceptors (Lipinski definition) is 3. The first-order chi connectivity index (χ1) is 9.22. The van der Waals surface area contributed by atoms with Gasteiger partial charge in [0, 0.05) is 18.7 Å². The zero-order valence-corrected chi connectivity index (χ0v) is 10.8. The smallest absolute Gasteiger partial charge is 0.228 e. The SMILES string of the molecule is NCCCCNC(=O)C1CC(=O)Nc2ccccc21. The van der Waals surface area contributed by atoms with Crippen LogP contribution >= 0.6 is 0 Å². The molecule has 1 aliphatic heterocycles. The van der Waals surface area contributed by atoms with Crippen LogP contribution < -0.4 is 16.4 Å². The van der Waals surface area contributed by atoms with Gasteiger partial charge in [0.2, 0.25) is 11.8 Å². The number of carbonyl (C=O) groups is 2. The van der Waals surface area contributed by atoms with Crippen molar-refractivity contribution in [2.75, 3.05) is 18.4 Å². The lowest BCUT2D eigenvalue weighted by atomic mass is 9.90. The number of benzene rings is 1. The molecule has 102 valence electrons. The summed E-state index contributed by atoms with van der Waals surface area (Å²) in [7, 11) is 0. The van der Waals surface area contributed by atoms with Crippen molar-refractivity contribution >= 4 is 17.5 Å². The summed E-state index contributed by atoms with van der Waals surface area (Å²) in [5, 5.41) is 5.66. The van der Waals surface area contributed by atoms with Gasteiger partial charge in [-0.25, -0.2) is 0 Å². The summed E-state index contributed by atoms with van der Waals surface area (Å²) < 4.78 is 0. The summed E-state index contributed by atoms with van der Waals surface area (Å²) in [5.41, 5.74) is 7.03. The van der Waals surface area contributed by atoms with E-state index in [0.717, 1.165) is 24.1 Å². The van der Waals surface area contributed by atoms with Crippen molar-refractivity contribution in [2.24, 2.45) is 5.73 Å². The van der Waals surface area contributed by atoms with Crippen LogP contribution in [0.3, 0.4) is 0 Å². The van der Waals surface area contributed by atoms with Crippen LogP contribution in [0.5, 0.6) is 0 Å². The van der Waals surface area contributed by atoms with E-state index in [1.54, 1.807) is 0 Å². The average Bonchev–Trinajstić information content (AvgIpc) is 2.42. The molecule has 2 rings (SSSR count). The Balaban J connectivity index is 2.03. The van der Waals surface area contributed by atoms with E-state index in [4.69, 9.17) is 5.73 Å². The van der Waals surface area contributed by atoms with Crippen molar-refractivity contribution in [3.8, 4) is 0 Å². The number of hydrogen-bond donors (Lipinski definition) is 3. The summed E-state index contributed by atoms with van der Waals surface area (Å²) in [6.07, 6.45) is 1.96. The van der Waals surface area contributed by atoms with E-state index in [1.165, 1.54) is 0 Å². The van der Waals surface area contributed by atoms with Gasteiger partial charge in [-0.15, -0.1) is 0 Å². The number of anilines is 1. The molecule has 0 bridgehead atoms. The third-order valence-electron chi connectivity index (χ3n) is 3.25. The van der Waals surface area contributed by atoms with Crippen LogP contribution in [0.2, 0.25) is 0 Å². The Kier molecular flexibility index (Phi) is 4.52. The lowest BCUT2D eigenvalue weighted by Gasteiger charge is -2.24.